The molecule has 1 fully saturated rings. The molecule has 1 aliphatic rings. The van der Waals surface area contributed by atoms with E-state index in [9.17, 15) is 9.59 Å². The van der Waals surface area contributed by atoms with Crippen LogP contribution in [0.15, 0.2) is 79.3 Å². The fourth-order valence-corrected chi connectivity index (χ4v) is 4.40. The molecule has 47 heavy (non-hydrogen) atoms. The van der Waals surface area contributed by atoms with Gasteiger partial charge in [0.05, 0.1) is 49.3 Å². The van der Waals surface area contributed by atoms with E-state index in [2.05, 4.69) is 30.5 Å². The number of nitrogens with one attached hydrogen (secondary N) is 2. The molecule has 0 bridgehead atoms. The maximum Gasteiger partial charge on any atom is 0.407 e. The first-order valence-corrected chi connectivity index (χ1v) is 14.4. The molecule has 5 rings (SSSR count). The van der Waals surface area contributed by atoms with Gasteiger partial charge in [0.2, 0.25) is 0 Å². The summed E-state index contributed by atoms with van der Waals surface area (Å²) in [6, 6.07) is 18.6. The number of rotatable bonds is 11. The highest BCUT2D eigenvalue weighted by atomic mass is 32.1. The second-order valence-corrected chi connectivity index (χ2v) is 9.73. The van der Waals surface area contributed by atoms with E-state index in [1.807, 2.05) is 48.5 Å². The van der Waals surface area contributed by atoms with Crippen LogP contribution in [-0.2, 0) is 25.7 Å². The topological polar surface area (TPSA) is 188 Å². The van der Waals surface area contributed by atoms with Crippen molar-refractivity contribution in [2.24, 2.45) is 0 Å². The van der Waals surface area contributed by atoms with Crippen molar-refractivity contribution in [2.75, 3.05) is 55.4 Å². The summed E-state index contributed by atoms with van der Waals surface area (Å²) >= 11 is 0. The molecule has 4 N–H and O–H groups in total. The van der Waals surface area contributed by atoms with Crippen LogP contribution in [0.3, 0.4) is 0 Å². The minimum Gasteiger partial charge on any atom is -0.494 e. The Bertz CT molecular complexity index is 1620. The zero-order chi connectivity index (χ0) is 32.6. The molecule has 0 radical (unpaired) electrons. The van der Waals surface area contributed by atoms with Crippen molar-refractivity contribution < 1.29 is 33.4 Å². The van der Waals surface area contributed by atoms with E-state index in [4.69, 9.17) is 29.5 Å². The molecular formula is C32H35N7O7S. The number of pyridine rings is 1. The molecule has 1 aliphatic heterocycles. The smallest absolute Gasteiger partial charge is 0.407 e. The average Bonchev–Trinajstić information content (AvgIpc) is 3.09. The third kappa shape index (κ3) is 11.1. The van der Waals surface area contributed by atoms with Crippen LogP contribution < -0.4 is 26.0 Å². The van der Waals surface area contributed by atoms with E-state index in [0.29, 0.717) is 63.0 Å². The van der Waals surface area contributed by atoms with Crippen molar-refractivity contribution >= 4 is 48.8 Å². The van der Waals surface area contributed by atoms with Crippen LogP contribution in [0.25, 0.3) is 11.3 Å². The number of carbonyl (C=O) groups is 2. The molecule has 0 saturated carbocycles. The van der Waals surface area contributed by atoms with Crippen LogP contribution in [0.4, 0.5) is 22.0 Å². The number of ether oxygens (including phenoxy) is 3. The minimum atomic E-state index is -0.480. The minimum absolute atomic E-state index is 0. The Morgan fingerprint density at radius 1 is 1.00 bits per heavy atom. The second kappa shape index (κ2) is 19.1. The number of nitrogens with zero attached hydrogens (tertiary/aromatic N) is 4. The first-order valence-electron chi connectivity index (χ1n) is 14.4. The number of morpholine rings is 1. The van der Waals surface area contributed by atoms with Gasteiger partial charge in [0.25, 0.3) is 5.91 Å². The maximum atomic E-state index is 13.2. The van der Waals surface area contributed by atoms with Crippen molar-refractivity contribution in [1.82, 2.24) is 20.3 Å². The number of hydrogen-bond acceptors (Lipinski definition) is 12. The Hall–Kier alpha value is -5.50. The normalized spacial score (nSPS) is 11.9. The molecule has 0 spiro atoms. The van der Waals surface area contributed by atoms with Gasteiger partial charge in [0, 0.05) is 31.4 Å². The lowest BCUT2D eigenvalue weighted by molar-refractivity contribution is -0.191. The summed E-state index contributed by atoms with van der Waals surface area (Å²) in [5.41, 5.74) is 9.62. The molecule has 1 saturated heterocycles. The van der Waals surface area contributed by atoms with Crippen molar-refractivity contribution in [3.63, 3.8) is 0 Å². The highest BCUT2D eigenvalue weighted by molar-refractivity contribution is 7.59. The Kier molecular flexibility index (Phi) is 14.6. The standard InChI is InChI=1S/C31H33N7O5.CO2.H2S/c32-29-28(30(39)37-26-19-33-13-11-27(26)38-14-17-41-18-15-38)36-25(20-35-29)23-7-9-24(10-8-23)42-16-4-12-34-31(40)43-21-22-5-2-1-3-6-22;2-1-3;/h1-3,5-11,13,19-20H,4,12,14-18,21H2,(H2,32,35)(H,34,40)(H,37,39);;1H2. The van der Waals surface area contributed by atoms with Gasteiger partial charge >= 0.3 is 12.2 Å². The van der Waals surface area contributed by atoms with Crippen LogP contribution in [0.1, 0.15) is 22.5 Å². The fourth-order valence-electron chi connectivity index (χ4n) is 4.40. The summed E-state index contributed by atoms with van der Waals surface area (Å²) in [5, 5.41) is 5.60. The van der Waals surface area contributed by atoms with Crippen molar-refractivity contribution in [2.45, 2.75) is 13.0 Å². The summed E-state index contributed by atoms with van der Waals surface area (Å²) in [6.45, 7) is 3.71. The largest absolute Gasteiger partial charge is 0.494 e. The van der Waals surface area contributed by atoms with Gasteiger partial charge in [0.15, 0.2) is 11.5 Å². The summed E-state index contributed by atoms with van der Waals surface area (Å²) in [6.07, 6.45) is 5.19. The molecule has 2 aromatic heterocycles. The molecule has 0 unspecified atom stereocenters. The summed E-state index contributed by atoms with van der Waals surface area (Å²) in [5.74, 6) is 0.200. The third-order valence-corrected chi connectivity index (χ3v) is 6.64. The van der Waals surface area contributed by atoms with Gasteiger partial charge in [-0.2, -0.15) is 23.1 Å². The first kappa shape index (κ1) is 36.0. The molecule has 0 aliphatic carbocycles. The SMILES string of the molecule is Nc1ncc(-c2ccc(OCCCNC(=O)OCc3ccccc3)cc2)nc1C(=O)Nc1cnccc1N1CCOCC1.O=C=O.S. The average molecular weight is 662 g/mol. The summed E-state index contributed by atoms with van der Waals surface area (Å²) in [4.78, 5) is 56.3. The highest BCUT2D eigenvalue weighted by Gasteiger charge is 2.20. The van der Waals surface area contributed by atoms with E-state index >= 15 is 0 Å². The molecule has 2 amide bonds. The Labute approximate surface area is 278 Å². The van der Waals surface area contributed by atoms with E-state index in [1.54, 1.807) is 24.5 Å². The van der Waals surface area contributed by atoms with Crippen LogP contribution in [0, 0.1) is 0 Å². The van der Waals surface area contributed by atoms with Crippen molar-refractivity contribution in [1.29, 1.82) is 0 Å². The second-order valence-electron chi connectivity index (χ2n) is 9.73. The zero-order valence-electron chi connectivity index (χ0n) is 25.4. The Morgan fingerprint density at radius 3 is 2.45 bits per heavy atom. The molecule has 2 aromatic carbocycles. The number of anilines is 3. The van der Waals surface area contributed by atoms with Gasteiger partial charge < -0.3 is 35.5 Å². The lowest BCUT2D eigenvalue weighted by Gasteiger charge is -2.30. The number of amides is 2. The number of alkyl carbamates (subject to hydrolysis) is 1. The number of nitrogens with two attached hydrogens (primary N) is 1. The first-order chi connectivity index (χ1) is 22.5. The van der Waals surface area contributed by atoms with Crippen LogP contribution in [-0.4, -0.2) is 72.6 Å². The lowest BCUT2D eigenvalue weighted by atomic mass is 10.1. The van der Waals surface area contributed by atoms with Crippen molar-refractivity contribution in [3.05, 3.63) is 90.5 Å². The monoisotopic (exact) mass is 661 g/mol. The van der Waals surface area contributed by atoms with Gasteiger partial charge in [-0.3, -0.25) is 9.78 Å². The predicted octanol–water partition coefficient (Wildman–Crippen LogP) is 3.43. The van der Waals surface area contributed by atoms with Gasteiger partial charge in [-0.15, -0.1) is 0 Å². The van der Waals surface area contributed by atoms with Gasteiger partial charge in [0.1, 0.15) is 12.4 Å². The number of aromatic nitrogens is 3. The molecule has 3 heterocycles. The van der Waals surface area contributed by atoms with Crippen LogP contribution >= 0.6 is 13.5 Å². The van der Waals surface area contributed by atoms with Crippen molar-refractivity contribution in [3.8, 4) is 17.0 Å². The molecular weight excluding hydrogens is 626 g/mol. The molecule has 246 valence electrons. The summed E-state index contributed by atoms with van der Waals surface area (Å²) in [7, 11) is 0. The number of carbonyl (C=O) groups excluding carboxylic acids is 4. The quantitative estimate of drug-likeness (QED) is 0.199. The van der Waals surface area contributed by atoms with Crippen LogP contribution in [0.2, 0.25) is 0 Å². The number of benzene rings is 2. The van der Waals surface area contributed by atoms with E-state index in [1.165, 1.54) is 6.20 Å². The van der Waals surface area contributed by atoms with Crippen LogP contribution in [0.5, 0.6) is 5.75 Å². The predicted molar refractivity (Wildman–Crippen MR) is 177 cm³/mol. The van der Waals surface area contributed by atoms with E-state index in [0.717, 1.165) is 16.8 Å². The van der Waals surface area contributed by atoms with Gasteiger partial charge in [-0.25, -0.2) is 14.8 Å². The molecule has 0 atom stereocenters. The highest BCUT2D eigenvalue weighted by Crippen LogP contribution is 2.27. The molecule has 14 nitrogen and oxygen atoms in total. The zero-order valence-corrected chi connectivity index (χ0v) is 26.4. The number of hydrogen-bond donors (Lipinski definition) is 3. The Balaban J connectivity index is 0.00000144. The third-order valence-electron chi connectivity index (χ3n) is 6.64. The van der Waals surface area contributed by atoms with Gasteiger partial charge in [-0.1, -0.05) is 30.3 Å². The maximum absolute atomic E-state index is 13.2. The van der Waals surface area contributed by atoms with E-state index < -0.39 is 12.0 Å². The lowest BCUT2D eigenvalue weighted by Crippen LogP contribution is -2.36. The fraction of sp³-hybridized carbons (Fsp3) is 0.250. The van der Waals surface area contributed by atoms with E-state index in [-0.39, 0.29) is 37.8 Å². The Morgan fingerprint density at radius 2 is 1.72 bits per heavy atom. The van der Waals surface area contributed by atoms with Gasteiger partial charge in [-0.05, 0) is 42.3 Å². The number of nitrogen functional groups attached to an aromatic ring is 1. The molecule has 15 heteroatoms. The molecule has 4 aromatic rings. The summed E-state index contributed by atoms with van der Waals surface area (Å²) < 4.78 is 16.4.